The van der Waals surface area contributed by atoms with Gasteiger partial charge >= 0.3 is 0 Å². The summed E-state index contributed by atoms with van der Waals surface area (Å²) in [7, 11) is 0. The fourth-order valence-corrected chi connectivity index (χ4v) is 3.44. The highest BCUT2D eigenvalue weighted by Gasteiger charge is 2.32. The average Bonchev–Trinajstić information content (AvgIpc) is 3.35. The number of likely N-dealkylation sites (tertiary alicyclic amines) is 1. The molecule has 0 aliphatic carbocycles. The van der Waals surface area contributed by atoms with Crippen molar-refractivity contribution >= 4 is 5.91 Å². The maximum atomic E-state index is 13.1. The van der Waals surface area contributed by atoms with Gasteiger partial charge in [0.05, 0.1) is 11.7 Å². The van der Waals surface area contributed by atoms with Crippen molar-refractivity contribution in [2.45, 2.75) is 25.3 Å². The van der Waals surface area contributed by atoms with Gasteiger partial charge in [0.25, 0.3) is 5.91 Å². The minimum absolute atomic E-state index is 0.0287. The number of aromatic nitrogens is 3. The van der Waals surface area contributed by atoms with E-state index < -0.39 is 0 Å². The number of H-pyrrole nitrogens is 1. The first kappa shape index (κ1) is 16.4. The van der Waals surface area contributed by atoms with Crippen molar-refractivity contribution < 1.29 is 9.18 Å². The Morgan fingerprint density at radius 3 is 2.81 bits per heavy atom. The monoisotopic (exact) mass is 350 g/mol. The quantitative estimate of drug-likeness (QED) is 0.783. The van der Waals surface area contributed by atoms with E-state index in [0.717, 1.165) is 29.8 Å². The fraction of sp³-hybridized carbons (Fsp3) is 0.250. The normalized spacial score (nSPS) is 16.8. The number of nitrogens with one attached hydrogen (secondary N) is 1. The molecule has 1 aliphatic heterocycles. The number of benzene rings is 1. The topological polar surface area (TPSA) is 61.9 Å². The molecule has 4 rings (SSSR count). The summed E-state index contributed by atoms with van der Waals surface area (Å²) in [5.41, 5.74) is 3.32. The number of hydrogen-bond acceptors (Lipinski definition) is 3. The first-order chi connectivity index (χ1) is 12.7. The molecule has 2 aromatic heterocycles. The zero-order valence-corrected chi connectivity index (χ0v) is 14.2. The first-order valence-corrected chi connectivity index (χ1v) is 8.71. The lowest BCUT2D eigenvalue weighted by atomic mass is 10.1. The molecule has 1 N–H and O–H groups in total. The van der Waals surface area contributed by atoms with Crippen molar-refractivity contribution in [3.05, 3.63) is 83.2 Å². The van der Waals surface area contributed by atoms with Crippen molar-refractivity contribution in [3.63, 3.8) is 0 Å². The number of halogens is 1. The second kappa shape index (κ2) is 7.07. The minimum Gasteiger partial charge on any atom is -0.329 e. The Labute approximate surface area is 150 Å². The van der Waals surface area contributed by atoms with Crippen LogP contribution in [0.25, 0.3) is 0 Å². The van der Waals surface area contributed by atoms with Crippen LogP contribution in [-0.2, 0) is 6.42 Å². The van der Waals surface area contributed by atoms with Gasteiger partial charge in [-0.3, -0.25) is 14.9 Å². The van der Waals surface area contributed by atoms with Crippen LogP contribution in [0.15, 0.2) is 54.7 Å². The van der Waals surface area contributed by atoms with Crippen molar-refractivity contribution in [2.75, 3.05) is 6.54 Å². The molecule has 1 atom stereocenters. The largest absolute Gasteiger partial charge is 0.329 e. The number of hydrogen-bond donors (Lipinski definition) is 1. The number of aromatic amines is 1. The minimum atomic E-state index is -0.241. The molecule has 1 aliphatic rings. The van der Waals surface area contributed by atoms with Crippen LogP contribution in [0.5, 0.6) is 0 Å². The molecule has 1 amide bonds. The molecular formula is C20H19FN4O. The van der Waals surface area contributed by atoms with E-state index in [0.29, 0.717) is 18.7 Å². The van der Waals surface area contributed by atoms with Crippen LogP contribution in [0, 0.1) is 5.82 Å². The smallest absolute Gasteiger partial charge is 0.272 e. The second-order valence-corrected chi connectivity index (χ2v) is 6.48. The number of rotatable bonds is 4. The number of carbonyl (C=O) groups is 1. The van der Waals surface area contributed by atoms with Crippen LogP contribution in [0.4, 0.5) is 4.39 Å². The maximum Gasteiger partial charge on any atom is 0.272 e. The summed E-state index contributed by atoms with van der Waals surface area (Å²) in [5.74, 6) is -0.287. The van der Waals surface area contributed by atoms with Gasteiger partial charge in [-0.1, -0.05) is 18.2 Å². The van der Waals surface area contributed by atoms with Crippen molar-refractivity contribution in [3.8, 4) is 0 Å². The van der Waals surface area contributed by atoms with E-state index in [4.69, 9.17) is 4.98 Å². The summed E-state index contributed by atoms with van der Waals surface area (Å²) >= 11 is 0. The summed E-state index contributed by atoms with van der Waals surface area (Å²) < 4.78 is 13.1. The van der Waals surface area contributed by atoms with Crippen LogP contribution >= 0.6 is 0 Å². The summed E-state index contributed by atoms with van der Waals surface area (Å²) in [5, 5.41) is 6.61. The third kappa shape index (κ3) is 3.35. The van der Waals surface area contributed by atoms with Crippen molar-refractivity contribution in [1.29, 1.82) is 0 Å². The highest BCUT2D eigenvalue weighted by atomic mass is 19.1. The van der Waals surface area contributed by atoms with E-state index in [1.165, 1.54) is 12.1 Å². The van der Waals surface area contributed by atoms with Gasteiger partial charge in [-0.15, -0.1) is 0 Å². The van der Waals surface area contributed by atoms with Crippen LogP contribution in [0.3, 0.4) is 0 Å². The molecule has 132 valence electrons. The lowest BCUT2D eigenvalue weighted by Gasteiger charge is -2.24. The Morgan fingerprint density at radius 2 is 2.04 bits per heavy atom. The van der Waals surface area contributed by atoms with E-state index in [9.17, 15) is 9.18 Å². The lowest BCUT2D eigenvalue weighted by Crippen LogP contribution is -2.31. The summed E-state index contributed by atoms with van der Waals surface area (Å²) in [4.78, 5) is 19.3. The molecular weight excluding hydrogens is 331 g/mol. The van der Waals surface area contributed by atoms with E-state index >= 15 is 0 Å². The molecule has 1 saturated heterocycles. The molecule has 26 heavy (non-hydrogen) atoms. The van der Waals surface area contributed by atoms with E-state index in [-0.39, 0.29) is 17.8 Å². The Morgan fingerprint density at radius 1 is 1.19 bits per heavy atom. The third-order valence-electron chi connectivity index (χ3n) is 4.71. The van der Waals surface area contributed by atoms with Gasteiger partial charge in [-0.25, -0.2) is 4.39 Å². The van der Waals surface area contributed by atoms with Gasteiger partial charge in [0, 0.05) is 24.9 Å². The molecule has 3 heterocycles. The average molecular weight is 350 g/mol. The number of pyridine rings is 1. The fourth-order valence-electron chi connectivity index (χ4n) is 3.44. The molecule has 5 nitrogen and oxygen atoms in total. The zero-order chi connectivity index (χ0) is 17.9. The lowest BCUT2D eigenvalue weighted by molar-refractivity contribution is 0.0726. The molecule has 0 radical (unpaired) electrons. The Bertz CT molecular complexity index is 892. The summed E-state index contributed by atoms with van der Waals surface area (Å²) in [6.45, 7) is 0.715. The van der Waals surface area contributed by atoms with Gasteiger partial charge in [0.1, 0.15) is 11.5 Å². The molecule has 1 fully saturated rings. The molecule has 0 spiro atoms. The number of nitrogens with zero attached hydrogens (tertiary/aromatic N) is 3. The molecule has 0 bridgehead atoms. The Balaban J connectivity index is 1.55. The van der Waals surface area contributed by atoms with Crippen LogP contribution in [0.2, 0.25) is 0 Å². The number of carbonyl (C=O) groups excluding carboxylic acids is 1. The summed E-state index contributed by atoms with van der Waals surface area (Å²) in [6.07, 6.45) is 4.07. The van der Waals surface area contributed by atoms with Gasteiger partial charge in [-0.2, -0.15) is 5.10 Å². The third-order valence-corrected chi connectivity index (χ3v) is 4.71. The summed E-state index contributed by atoms with van der Waals surface area (Å²) in [6, 6.07) is 14.0. The maximum absolute atomic E-state index is 13.1. The Kier molecular flexibility index (Phi) is 4.48. The first-order valence-electron chi connectivity index (χ1n) is 8.71. The second-order valence-electron chi connectivity index (χ2n) is 6.48. The van der Waals surface area contributed by atoms with E-state index in [1.54, 1.807) is 24.4 Å². The van der Waals surface area contributed by atoms with E-state index in [2.05, 4.69) is 10.2 Å². The van der Waals surface area contributed by atoms with Crippen molar-refractivity contribution in [2.24, 2.45) is 0 Å². The molecule has 1 unspecified atom stereocenters. The predicted molar refractivity (Wildman–Crippen MR) is 95.0 cm³/mol. The number of amides is 1. The van der Waals surface area contributed by atoms with Gasteiger partial charge in [-0.05, 0) is 48.7 Å². The molecule has 3 aromatic rings. The van der Waals surface area contributed by atoms with Crippen LogP contribution < -0.4 is 0 Å². The standard InChI is InChI=1S/C20H19FN4O/c21-15-8-6-14(7-9-15)13-16-3-1-4-17(23-16)19-5-2-12-25(19)20(26)18-10-11-22-24-18/h1,3-4,6-11,19H,2,5,12-13H2,(H,22,24). The van der Waals surface area contributed by atoms with Crippen LogP contribution in [-0.4, -0.2) is 32.5 Å². The van der Waals surface area contributed by atoms with Gasteiger partial charge < -0.3 is 4.90 Å². The zero-order valence-electron chi connectivity index (χ0n) is 14.2. The predicted octanol–water partition coefficient (Wildman–Crippen LogP) is 3.51. The molecule has 1 aromatic carbocycles. The van der Waals surface area contributed by atoms with Gasteiger partial charge in [0.2, 0.25) is 0 Å². The van der Waals surface area contributed by atoms with E-state index in [1.807, 2.05) is 23.1 Å². The van der Waals surface area contributed by atoms with Crippen LogP contribution in [0.1, 0.15) is 46.3 Å². The van der Waals surface area contributed by atoms with Gasteiger partial charge in [0.15, 0.2) is 0 Å². The highest BCUT2D eigenvalue weighted by molar-refractivity contribution is 5.92. The highest BCUT2D eigenvalue weighted by Crippen LogP contribution is 2.32. The Hall–Kier alpha value is -3.02. The van der Waals surface area contributed by atoms with Crippen molar-refractivity contribution in [1.82, 2.24) is 20.1 Å². The SMILES string of the molecule is O=C(c1ccn[nH]1)N1CCCC1c1cccc(Cc2ccc(F)cc2)n1. The molecule has 6 heteroatoms. The molecule has 0 saturated carbocycles.